The number of carbonyl (C=O) groups excluding carboxylic acids is 3. The summed E-state index contributed by atoms with van der Waals surface area (Å²) in [5, 5.41) is 9.81. The van der Waals surface area contributed by atoms with Crippen LogP contribution >= 0.6 is 0 Å². The van der Waals surface area contributed by atoms with Gasteiger partial charge in [0.1, 0.15) is 5.75 Å². The summed E-state index contributed by atoms with van der Waals surface area (Å²) < 4.78 is 5.34. The van der Waals surface area contributed by atoms with Crippen molar-refractivity contribution in [1.82, 2.24) is 20.4 Å². The highest BCUT2D eigenvalue weighted by molar-refractivity contribution is 6.21. The Morgan fingerprint density at radius 1 is 1.12 bits per heavy atom. The molecule has 0 atom stereocenters. The standard InChI is InChI=1S/C24H24N4O4/c1-15-17(13-26-27-15)6-5-11-25-22(29)20-12-16(9-10-21(20)32-2)14-28-23(30)18-7-3-4-8-19(18)24(28)31/h3-4,7-10,12-13H,5-6,11,14H2,1-2H3,(H,25,29)(H,26,27). The van der Waals surface area contributed by atoms with Crippen molar-refractivity contribution < 1.29 is 19.1 Å². The quantitative estimate of drug-likeness (QED) is 0.421. The van der Waals surface area contributed by atoms with Crippen molar-refractivity contribution in [2.75, 3.05) is 13.7 Å². The predicted molar refractivity (Wildman–Crippen MR) is 118 cm³/mol. The first-order chi connectivity index (χ1) is 15.5. The van der Waals surface area contributed by atoms with Crippen molar-refractivity contribution in [2.45, 2.75) is 26.3 Å². The largest absolute Gasteiger partial charge is 0.496 e. The average molecular weight is 432 g/mol. The van der Waals surface area contributed by atoms with Crippen LogP contribution in [0.3, 0.4) is 0 Å². The van der Waals surface area contributed by atoms with Crippen LogP contribution in [0.5, 0.6) is 5.75 Å². The minimum atomic E-state index is -0.332. The van der Waals surface area contributed by atoms with Crippen LogP contribution in [0.2, 0.25) is 0 Å². The molecule has 0 bridgehead atoms. The predicted octanol–water partition coefficient (Wildman–Crippen LogP) is 2.89. The zero-order valence-corrected chi connectivity index (χ0v) is 18.0. The van der Waals surface area contributed by atoms with Crippen molar-refractivity contribution >= 4 is 17.7 Å². The summed E-state index contributed by atoms with van der Waals surface area (Å²) in [6, 6.07) is 11.9. The van der Waals surface area contributed by atoms with Crippen molar-refractivity contribution in [2.24, 2.45) is 0 Å². The number of hydrogen-bond donors (Lipinski definition) is 2. The molecule has 1 aromatic heterocycles. The van der Waals surface area contributed by atoms with E-state index in [1.165, 1.54) is 12.0 Å². The van der Waals surface area contributed by atoms with Gasteiger partial charge in [-0.25, -0.2) is 0 Å². The highest BCUT2D eigenvalue weighted by Crippen LogP contribution is 2.26. The second-order valence-electron chi connectivity index (χ2n) is 7.66. The van der Waals surface area contributed by atoms with Crippen LogP contribution in [0.1, 0.15) is 54.3 Å². The summed E-state index contributed by atoms with van der Waals surface area (Å²) >= 11 is 0. The number of nitrogens with zero attached hydrogens (tertiary/aromatic N) is 2. The SMILES string of the molecule is COc1ccc(CN2C(=O)c3ccccc3C2=O)cc1C(=O)NCCCc1cn[nH]c1C. The topological polar surface area (TPSA) is 104 Å². The van der Waals surface area contributed by atoms with Gasteiger partial charge in [0.05, 0.1) is 36.5 Å². The van der Waals surface area contributed by atoms with Crippen molar-refractivity contribution in [3.63, 3.8) is 0 Å². The summed E-state index contributed by atoms with van der Waals surface area (Å²) in [4.78, 5) is 39.3. The molecule has 0 saturated heterocycles. The number of carbonyl (C=O) groups is 3. The van der Waals surface area contributed by atoms with Crippen molar-refractivity contribution in [3.8, 4) is 5.75 Å². The summed E-state index contributed by atoms with van der Waals surface area (Å²) in [6.45, 7) is 2.54. The van der Waals surface area contributed by atoms with Crippen LogP contribution in [0, 0.1) is 6.92 Å². The van der Waals surface area contributed by atoms with E-state index in [4.69, 9.17) is 4.74 Å². The number of aromatic nitrogens is 2. The zero-order chi connectivity index (χ0) is 22.7. The minimum Gasteiger partial charge on any atom is -0.496 e. The van der Waals surface area contributed by atoms with Gasteiger partial charge in [0.15, 0.2) is 0 Å². The lowest BCUT2D eigenvalue weighted by atomic mass is 10.1. The van der Waals surface area contributed by atoms with Gasteiger partial charge in [-0.15, -0.1) is 0 Å². The molecule has 3 amide bonds. The second kappa shape index (κ2) is 9.05. The van der Waals surface area contributed by atoms with Crippen molar-refractivity contribution in [1.29, 1.82) is 0 Å². The lowest BCUT2D eigenvalue weighted by Gasteiger charge is -2.16. The monoisotopic (exact) mass is 432 g/mol. The molecule has 0 radical (unpaired) electrons. The summed E-state index contributed by atoms with van der Waals surface area (Å²) in [5.74, 6) is -0.502. The molecular formula is C24H24N4O4. The summed E-state index contributed by atoms with van der Waals surface area (Å²) in [7, 11) is 1.50. The van der Waals surface area contributed by atoms with Gasteiger partial charge in [0.25, 0.3) is 17.7 Å². The number of H-pyrrole nitrogens is 1. The number of imide groups is 1. The van der Waals surface area contributed by atoms with Crippen LogP contribution in [0.15, 0.2) is 48.7 Å². The summed E-state index contributed by atoms with van der Waals surface area (Å²) in [5.41, 5.74) is 3.98. The third-order valence-electron chi connectivity index (χ3n) is 5.57. The Labute approximate surface area is 185 Å². The van der Waals surface area contributed by atoms with Gasteiger partial charge in [-0.05, 0) is 55.2 Å². The van der Waals surface area contributed by atoms with Crippen LogP contribution in [0.4, 0.5) is 0 Å². The number of aromatic amines is 1. The molecule has 4 rings (SSSR count). The van der Waals surface area contributed by atoms with E-state index < -0.39 is 0 Å². The number of benzene rings is 2. The maximum absolute atomic E-state index is 12.8. The molecular weight excluding hydrogens is 408 g/mol. The van der Waals surface area contributed by atoms with E-state index in [0.717, 1.165) is 24.1 Å². The van der Waals surface area contributed by atoms with Gasteiger partial charge < -0.3 is 10.1 Å². The number of fused-ring (bicyclic) bond motifs is 1. The van der Waals surface area contributed by atoms with Gasteiger partial charge in [-0.2, -0.15) is 5.10 Å². The molecule has 1 aliphatic rings. The third kappa shape index (κ3) is 4.12. The molecule has 0 spiro atoms. The van der Waals surface area contributed by atoms with Crippen LogP contribution in [0.25, 0.3) is 0 Å². The van der Waals surface area contributed by atoms with Crippen molar-refractivity contribution in [3.05, 3.63) is 82.2 Å². The molecule has 3 aromatic rings. The van der Waals surface area contributed by atoms with Gasteiger partial charge in [-0.3, -0.25) is 24.4 Å². The number of rotatable bonds is 8. The maximum Gasteiger partial charge on any atom is 0.261 e. The highest BCUT2D eigenvalue weighted by Gasteiger charge is 2.35. The molecule has 32 heavy (non-hydrogen) atoms. The fraction of sp³-hybridized carbons (Fsp3) is 0.250. The molecule has 1 aliphatic heterocycles. The molecule has 2 N–H and O–H groups in total. The molecule has 0 unspecified atom stereocenters. The Morgan fingerprint density at radius 3 is 2.47 bits per heavy atom. The first-order valence-electron chi connectivity index (χ1n) is 10.4. The molecule has 0 fully saturated rings. The fourth-order valence-corrected chi connectivity index (χ4v) is 3.80. The normalized spacial score (nSPS) is 12.8. The molecule has 8 nitrogen and oxygen atoms in total. The number of aryl methyl sites for hydroxylation is 2. The Hall–Kier alpha value is -3.94. The number of methoxy groups -OCH3 is 1. The third-order valence-corrected chi connectivity index (χ3v) is 5.57. The lowest BCUT2D eigenvalue weighted by Crippen LogP contribution is -2.29. The molecule has 164 valence electrons. The summed E-state index contributed by atoms with van der Waals surface area (Å²) in [6.07, 6.45) is 3.37. The van der Waals surface area contributed by atoms with Crippen LogP contribution < -0.4 is 10.1 Å². The van der Waals surface area contributed by atoms with E-state index in [1.54, 1.807) is 48.7 Å². The Morgan fingerprint density at radius 2 is 1.84 bits per heavy atom. The molecule has 2 aromatic carbocycles. The molecule has 8 heteroatoms. The number of nitrogens with one attached hydrogen (secondary N) is 2. The fourth-order valence-electron chi connectivity index (χ4n) is 3.80. The number of ether oxygens (including phenoxy) is 1. The zero-order valence-electron chi connectivity index (χ0n) is 18.0. The smallest absolute Gasteiger partial charge is 0.261 e. The molecule has 0 saturated carbocycles. The number of amides is 3. The number of hydrogen-bond acceptors (Lipinski definition) is 5. The lowest BCUT2D eigenvalue weighted by molar-refractivity contribution is 0.0642. The van der Waals surface area contributed by atoms with E-state index in [-0.39, 0.29) is 24.3 Å². The molecule has 2 heterocycles. The average Bonchev–Trinajstić information content (AvgIpc) is 3.32. The van der Waals surface area contributed by atoms with E-state index in [9.17, 15) is 14.4 Å². The molecule has 0 aliphatic carbocycles. The van der Waals surface area contributed by atoms with Crippen LogP contribution in [-0.4, -0.2) is 46.5 Å². The Balaban J connectivity index is 1.43. The van der Waals surface area contributed by atoms with Gasteiger partial charge in [-0.1, -0.05) is 18.2 Å². The second-order valence-corrected chi connectivity index (χ2v) is 7.66. The maximum atomic E-state index is 12.8. The Bertz CT molecular complexity index is 1150. The van der Waals surface area contributed by atoms with Gasteiger partial charge in [0.2, 0.25) is 0 Å². The van der Waals surface area contributed by atoms with Gasteiger partial charge >= 0.3 is 0 Å². The van der Waals surface area contributed by atoms with E-state index in [0.29, 0.717) is 34.5 Å². The van der Waals surface area contributed by atoms with E-state index >= 15 is 0 Å². The van der Waals surface area contributed by atoms with Crippen LogP contribution in [-0.2, 0) is 13.0 Å². The van der Waals surface area contributed by atoms with Gasteiger partial charge in [0, 0.05) is 12.2 Å². The van der Waals surface area contributed by atoms with E-state index in [1.807, 2.05) is 6.92 Å². The Kier molecular flexibility index (Phi) is 6.02. The first kappa shape index (κ1) is 21.3. The van der Waals surface area contributed by atoms with E-state index in [2.05, 4.69) is 15.5 Å². The minimum absolute atomic E-state index is 0.0797. The first-order valence-corrected chi connectivity index (χ1v) is 10.4. The highest BCUT2D eigenvalue weighted by atomic mass is 16.5.